The Morgan fingerprint density at radius 1 is 1.15 bits per heavy atom. The highest BCUT2D eigenvalue weighted by Gasteiger charge is 2.24. The Morgan fingerprint density at radius 3 is 2.52 bits per heavy atom. The molecule has 0 aliphatic carbocycles. The smallest absolute Gasteiger partial charge is 0.348 e. The lowest BCUT2D eigenvalue weighted by Gasteiger charge is -2.20. The van der Waals surface area contributed by atoms with Gasteiger partial charge in [0.15, 0.2) is 0 Å². The van der Waals surface area contributed by atoms with Gasteiger partial charge in [0.2, 0.25) is 10.0 Å². The van der Waals surface area contributed by atoms with Crippen molar-refractivity contribution in [2.45, 2.75) is 32.2 Å². The summed E-state index contributed by atoms with van der Waals surface area (Å²) in [6.45, 7) is 6.21. The lowest BCUT2D eigenvalue weighted by Crippen LogP contribution is -2.30. The first-order valence-corrected chi connectivity index (χ1v) is 12.8. The van der Waals surface area contributed by atoms with Crippen LogP contribution in [0.4, 0.5) is 10.1 Å². The number of carbonyl (C=O) groups is 1. The number of esters is 1. The highest BCUT2D eigenvalue weighted by molar-refractivity contribution is 7.89. The first-order chi connectivity index (χ1) is 15.8. The van der Waals surface area contributed by atoms with Crippen LogP contribution >= 0.6 is 11.3 Å². The molecule has 1 aromatic heterocycles. The van der Waals surface area contributed by atoms with E-state index >= 15 is 0 Å². The Balaban J connectivity index is 2.03. The number of anilines is 1. The Kier molecular flexibility index (Phi) is 7.93. The van der Waals surface area contributed by atoms with Gasteiger partial charge in [0.05, 0.1) is 24.3 Å². The van der Waals surface area contributed by atoms with Gasteiger partial charge in [0.25, 0.3) is 0 Å². The molecule has 3 aromatic rings. The first kappa shape index (κ1) is 24.9. The number of methoxy groups -OCH3 is 1. The molecule has 33 heavy (non-hydrogen) atoms. The lowest BCUT2D eigenvalue weighted by atomic mass is 10.1. The van der Waals surface area contributed by atoms with Crippen LogP contribution in [0.2, 0.25) is 0 Å². The highest BCUT2D eigenvalue weighted by Crippen LogP contribution is 2.36. The Bertz CT molecular complexity index is 1250. The fourth-order valence-electron chi connectivity index (χ4n) is 3.58. The average molecular weight is 495 g/mol. The summed E-state index contributed by atoms with van der Waals surface area (Å²) in [6, 6.07) is 9.21. The molecule has 7 nitrogen and oxygen atoms in total. The molecule has 0 spiro atoms. The summed E-state index contributed by atoms with van der Waals surface area (Å²) in [5.41, 5.74) is 0.863. The zero-order valence-electron chi connectivity index (χ0n) is 19.0. The van der Waals surface area contributed by atoms with Gasteiger partial charge < -0.3 is 14.8 Å². The van der Waals surface area contributed by atoms with Crippen LogP contribution in [0.3, 0.4) is 0 Å². The van der Waals surface area contributed by atoms with Crippen molar-refractivity contribution in [3.8, 4) is 5.75 Å². The largest absolute Gasteiger partial charge is 0.495 e. The molecule has 2 aromatic carbocycles. The van der Waals surface area contributed by atoms with Crippen LogP contribution in [0.25, 0.3) is 10.1 Å². The van der Waals surface area contributed by atoms with Crippen molar-refractivity contribution >= 4 is 43.1 Å². The van der Waals surface area contributed by atoms with E-state index in [9.17, 15) is 17.6 Å². The summed E-state index contributed by atoms with van der Waals surface area (Å²) in [5, 5.41) is 3.47. The van der Waals surface area contributed by atoms with E-state index < -0.39 is 21.8 Å². The normalized spacial score (nSPS) is 11.7. The Morgan fingerprint density at radius 2 is 1.88 bits per heavy atom. The summed E-state index contributed by atoms with van der Waals surface area (Å²) < 4.78 is 53.1. The number of nitrogens with zero attached hydrogens (tertiary/aromatic N) is 1. The second-order valence-electron chi connectivity index (χ2n) is 7.05. The van der Waals surface area contributed by atoms with Gasteiger partial charge in [-0.25, -0.2) is 17.6 Å². The fraction of sp³-hybridized carbons (Fsp3) is 0.348. The lowest BCUT2D eigenvalue weighted by molar-refractivity contribution is 0.0531. The maximum absolute atomic E-state index is 14.7. The summed E-state index contributed by atoms with van der Waals surface area (Å²) >= 11 is 1.16. The van der Waals surface area contributed by atoms with Gasteiger partial charge >= 0.3 is 5.97 Å². The third kappa shape index (κ3) is 4.97. The molecular formula is C23H27FN2O5S2. The quantitative estimate of drug-likeness (QED) is 0.405. The van der Waals surface area contributed by atoms with Crippen LogP contribution in [-0.4, -0.2) is 45.5 Å². The zero-order valence-corrected chi connectivity index (χ0v) is 20.6. The molecule has 10 heteroatoms. The third-order valence-corrected chi connectivity index (χ3v) is 8.42. The molecule has 0 saturated heterocycles. The number of rotatable bonds is 10. The minimum atomic E-state index is -3.69. The predicted octanol–water partition coefficient (Wildman–Crippen LogP) is 4.87. The maximum atomic E-state index is 14.7. The molecule has 0 fully saturated rings. The minimum absolute atomic E-state index is 0.0697. The highest BCUT2D eigenvalue weighted by atomic mass is 32.2. The van der Waals surface area contributed by atoms with Gasteiger partial charge in [-0.3, -0.25) is 0 Å². The number of carbonyl (C=O) groups excluding carboxylic acids is 1. The number of sulfonamides is 1. The molecule has 178 valence electrons. The number of thiophene rings is 1. The van der Waals surface area contributed by atoms with Crippen molar-refractivity contribution in [2.24, 2.45) is 0 Å². The second kappa shape index (κ2) is 10.5. The molecule has 1 heterocycles. The molecule has 1 N–H and O–H groups in total. The van der Waals surface area contributed by atoms with Gasteiger partial charge in [-0.05, 0) is 37.3 Å². The molecule has 0 amide bonds. The van der Waals surface area contributed by atoms with Crippen molar-refractivity contribution in [1.82, 2.24) is 4.31 Å². The van der Waals surface area contributed by atoms with E-state index in [-0.39, 0.29) is 18.0 Å². The number of benzene rings is 2. The van der Waals surface area contributed by atoms with Crippen molar-refractivity contribution in [3.63, 3.8) is 0 Å². The van der Waals surface area contributed by atoms with Crippen molar-refractivity contribution in [3.05, 3.63) is 52.7 Å². The van der Waals surface area contributed by atoms with Gasteiger partial charge in [0.1, 0.15) is 16.4 Å². The van der Waals surface area contributed by atoms with Crippen LogP contribution in [0.1, 0.15) is 36.0 Å². The number of hydrogen-bond acceptors (Lipinski definition) is 7. The van der Waals surface area contributed by atoms with Crippen LogP contribution < -0.4 is 10.1 Å². The Hall–Kier alpha value is -2.69. The zero-order chi connectivity index (χ0) is 24.2. The maximum Gasteiger partial charge on any atom is 0.348 e. The van der Waals surface area contributed by atoms with Gasteiger partial charge in [0, 0.05) is 35.3 Å². The van der Waals surface area contributed by atoms with E-state index in [4.69, 9.17) is 9.47 Å². The minimum Gasteiger partial charge on any atom is -0.495 e. The van der Waals surface area contributed by atoms with Crippen molar-refractivity contribution in [2.75, 3.05) is 32.1 Å². The second-order valence-corrected chi connectivity index (χ2v) is 10.0. The number of nitrogens with one attached hydrogen (secondary N) is 1. The summed E-state index contributed by atoms with van der Waals surface area (Å²) in [4.78, 5) is 12.9. The topological polar surface area (TPSA) is 84.9 Å². The summed E-state index contributed by atoms with van der Waals surface area (Å²) in [6.07, 6.45) is 0. The van der Waals surface area contributed by atoms with E-state index in [1.807, 2.05) is 0 Å². The molecule has 0 aliphatic rings. The summed E-state index contributed by atoms with van der Waals surface area (Å²) in [7, 11) is -2.21. The van der Waals surface area contributed by atoms with E-state index in [2.05, 4.69) is 5.32 Å². The monoisotopic (exact) mass is 494 g/mol. The van der Waals surface area contributed by atoms with Crippen molar-refractivity contribution < 1.29 is 27.1 Å². The third-order valence-electron chi connectivity index (χ3n) is 5.19. The van der Waals surface area contributed by atoms with Gasteiger partial charge in [-0.15, -0.1) is 11.3 Å². The van der Waals surface area contributed by atoms with Crippen LogP contribution in [0.15, 0.2) is 41.3 Å². The number of fused-ring (bicyclic) bond motifs is 1. The standard InChI is InChI=1S/C23H27FN2O5S2/c1-5-26(6-2)33(28,29)15-11-12-19(30-4)18(13-15)25-14-16-21-17(24)9-8-10-20(21)32-22(16)23(27)31-7-3/h8-13,25H,5-7,14H2,1-4H3. The van der Waals surface area contributed by atoms with Crippen LogP contribution in [0.5, 0.6) is 5.75 Å². The molecule has 0 unspecified atom stereocenters. The van der Waals surface area contributed by atoms with E-state index in [0.717, 1.165) is 11.3 Å². The number of halogens is 1. The van der Waals surface area contributed by atoms with E-state index in [1.54, 1.807) is 39.0 Å². The molecule has 0 bridgehead atoms. The van der Waals surface area contributed by atoms with E-state index in [1.165, 1.54) is 29.6 Å². The van der Waals surface area contributed by atoms with Gasteiger partial charge in [-0.1, -0.05) is 19.9 Å². The number of hydrogen-bond donors (Lipinski definition) is 1. The van der Waals surface area contributed by atoms with Gasteiger partial charge in [-0.2, -0.15) is 4.31 Å². The molecule has 0 atom stereocenters. The van der Waals surface area contributed by atoms with Crippen LogP contribution in [-0.2, 0) is 21.3 Å². The SMILES string of the molecule is CCOC(=O)c1sc2cccc(F)c2c1CNc1cc(S(=O)(=O)N(CC)CC)ccc1OC. The molecule has 0 saturated carbocycles. The summed E-state index contributed by atoms with van der Waals surface area (Å²) in [5.74, 6) is -0.549. The fourth-order valence-corrected chi connectivity index (χ4v) is 6.19. The average Bonchev–Trinajstić information content (AvgIpc) is 3.18. The predicted molar refractivity (Wildman–Crippen MR) is 128 cm³/mol. The van der Waals surface area contributed by atoms with Crippen LogP contribution in [0, 0.1) is 5.82 Å². The van der Waals surface area contributed by atoms with Crippen molar-refractivity contribution in [1.29, 1.82) is 0 Å². The number of ether oxygens (including phenoxy) is 2. The molecule has 3 rings (SSSR count). The molecule has 0 aliphatic heterocycles. The first-order valence-electron chi connectivity index (χ1n) is 10.6. The molecule has 0 radical (unpaired) electrons. The molecular weight excluding hydrogens is 467 g/mol. The Labute approximate surface area is 197 Å². The van der Waals surface area contributed by atoms with E-state index in [0.29, 0.717) is 45.1 Å².